The molecule has 14 nitrogen and oxygen atoms in total. The third-order valence-corrected chi connectivity index (χ3v) is 11.4. The smallest absolute Gasteiger partial charge is 0.271 e. The van der Waals surface area contributed by atoms with Gasteiger partial charge in [0.2, 0.25) is 5.91 Å². The number of nitrogens with one attached hydrogen (secondary N) is 2. The van der Waals surface area contributed by atoms with Gasteiger partial charge in [-0.15, -0.1) is 0 Å². The van der Waals surface area contributed by atoms with Crippen molar-refractivity contribution in [3.05, 3.63) is 75.3 Å². The van der Waals surface area contributed by atoms with Gasteiger partial charge in [0, 0.05) is 67.8 Å². The molecule has 1 aromatic carbocycles. The molecule has 3 aliphatic rings. The summed E-state index contributed by atoms with van der Waals surface area (Å²) < 4.78 is 13.2. The number of nitrogens with zero attached hydrogens (tertiary/aromatic N) is 6. The van der Waals surface area contributed by atoms with Crippen molar-refractivity contribution in [1.29, 1.82) is 5.26 Å². The van der Waals surface area contributed by atoms with Crippen LogP contribution in [-0.4, -0.2) is 88.9 Å². The Morgan fingerprint density at radius 3 is 2.38 bits per heavy atom. The fourth-order valence-corrected chi connectivity index (χ4v) is 8.54. The molecule has 1 unspecified atom stereocenters. The van der Waals surface area contributed by atoms with Gasteiger partial charge in [-0.2, -0.15) is 10.4 Å². The summed E-state index contributed by atoms with van der Waals surface area (Å²) in [6.45, 7) is 13.4. The number of pyridine rings is 1. The molecule has 15 heteroatoms. The summed E-state index contributed by atoms with van der Waals surface area (Å²) in [7, 11) is 0. The van der Waals surface area contributed by atoms with Crippen molar-refractivity contribution in [2.45, 2.75) is 84.4 Å². The van der Waals surface area contributed by atoms with Crippen molar-refractivity contribution < 1.29 is 23.9 Å². The summed E-state index contributed by atoms with van der Waals surface area (Å²) >= 11 is 6.23. The molecule has 0 bridgehead atoms. The number of carbonyl (C=O) groups excluding carboxylic acids is 3. The van der Waals surface area contributed by atoms with Crippen LogP contribution in [0, 0.1) is 22.2 Å². The van der Waals surface area contributed by atoms with Crippen molar-refractivity contribution in [3.63, 3.8) is 0 Å². The van der Waals surface area contributed by atoms with Gasteiger partial charge in [0.25, 0.3) is 17.4 Å². The van der Waals surface area contributed by atoms with E-state index in [9.17, 15) is 24.4 Å². The normalized spacial score (nSPS) is 21.9. The first-order chi connectivity index (χ1) is 26.3. The van der Waals surface area contributed by atoms with Crippen molar-refractivity contribution in [1.82, 2.24) is 30.3 Å². The molecule has 3 aromatic rings. The maximum absolute atomic E-state index is 13.4. The zero-order chi connectivity index (χ0) is 39.3. The lowest BCUT2D eigenvalue weighted by atomic mass is 9.49. The van der Waals surface area contributed by atoms with Gasteiger partial charge in [-0.05, 0) is 50.1 Å². The minimum atomic E-state index is -0.786. The van der Waals surface area contributed by atoms with Crippen LogP contribution in [0.1, 0.15) is 88.2 Å². The number of benzene rings is 1. The molecule has 3 fully saturated rings. The highest BCUT2D eigenvalue weighted by atomic mass is 35.5. The highest BCUT2D eigenvalue weighted by Gasteiger charge is 2.64. The number of aromatic nitrogens is 3. The summed E-state index contributed by atoms with van der Waals surface area (Å²) in [5.74, 6) is 0.796. The van der Waals surface area contributed by atoms with Crippen LogP contribution >= 0.6 is 11.6 Å². The number of halogens is 1. The lowest BCUT2D eigenvalue weighted by Crippen LogP contribution is -2.74. The summed E-state index contributed by atoms with van der Waals surface area (Å²) in [6.07, 6.45) is 7.33. The highest BCUT2D eigenvalue weighted by Crippen LogP contribution is 2.55. The van der Waals surface area contributed by atoms with Crippen LogP contribution in [0.4, 0.5) is 5.82 Å². The summed E-state index contributed by atoms with van der Waals surface area (Å²) in [5, 5.41) is 19.1. The Labute approximate surface area is 326 Å². The number of unbranched alkanes of at least 4 members (excludes halogenated alkanes) is 3. The highest BCUT2D eigenvalue weighted by molar-refractivity contribution is 6.31. The zero-order valence-electron chi connectivity index (χ0n) is 31.8. The first-order valence-electron chi connectivity index (χ1n) is 18.9. The van der Waals surface area contributed by atoms with E-state index in [-0.39, 0.29) is 47.6 Å². The quantitative estimate of drug-likeness (QED) is 0.175. The Morgan fingerprint density at radius 2 is 1.73 bits per heavy atom. The summed E-state index contributed by atoms with van der Waals surface area (Å²) in [5.41, 5.74) is -0.252. The van der Waals surface area contributed by atoms with E-state index in [2.05, 4.69) is 64.3 Å². The predicted octanol–water partition coefficient (Wildman–Crippen LogP) is 4.51. The SMILES string of the molecule is CC1(C)C(NC(=O)c2ccc(N3CCN(CCCCCCOc4cnn(C5CCC(=O)NC5=O)c(=O)c4)CC3)nc2)C(C)(C)C1Oc1ccc(C#N)c(Cl)c1. The fourth-order valence-electron chi connectivity index (χ4n) is 8.33. The van der Waals surface area contributed by atoms with Gasteiger partial charge in [-0.25, -0.2) is 9.67 Å². The number of rotatable bonds is 14. The van der Waals surface area contributed by atoms with Crippen LogP contribution in [0.5, 0.6) is 11.5 Å². The molecule has 4 heterocycles. The molecule has 6 rings (SSSR count). The zero-order valence-corrected chi connectivity index (χ0v) is 32.6. The van der Waals surface area contributed by atoms with Gasteiger partial charge >= 0.3 is 0 Å². The maximum atomic E-state index is 13.4. The monoisotopic (exact) mass is 772 g/mol. The number of piperidine rings is 1. The molecule has 0 radical (unpaired) electrons. The van der Waals surface area contributed by atoms with Crippen molar-refractivity contribution in [2.24, 2.45) is 10.8 Å². The lowest BCUT2D eigenvalue weighted by molar-refractivity contribution is -0.164. The number of anilines is 1. The summed E-state index contributed by atoms with van der Waals surface area (Å²) in [4.78, 5) is 58.7. The van der Waals surface area contributed by atoms with Gasteiger partial charge in [-0.1, -0.05) is 52.1 Å². The molecule has 1 aliphatic carbocycles. The summed E-state index contributed by atoms with van der Waals surface area (Å²) in [6, 6.07) is 11.3. The van der Waals surface area contributed by atoms with Crippen LogP contribution < -0.4 is 30.6 Å². The van der Waals surface area contributed by atoms with E-state index in [1.807, 2.05) is 12.1 Å². The fraction of sp³-hybridized carbons (Fsp3) is 0.525. The molecule has 2 saturated heterocycles. The average Bonchev–Trinajstić information content (AvgIpc) is 3.16. The van der Waals surface area contributed by atoms with Gasteiger partial charge in [0.15, 0.2) is 0 Å². The van der Waals surface area contributed by atoms with Crippen LogP contribution in [0.2, 0.25) is 5.02 Å². The third-order valence-electron chi connectivity index (χ3n) is 11.1. The minimum Gasteiger partial charge on any atom is -0.492 e. The van der Waals surface area contributed by atoms with Crippen LogP contribution in [-0.2, 0) is 9.59 Å². The third kappa shape index (κ3) is 8.95. The van der Waals surface area contributed by atoms with Crippen molar-refractivity contribution >= 4 is 35.1 Å². The number of ether oxygens (including phenoxy) is 2. The number of hydrogen-bond acceptors (Lipinski definition) is 11. The second-order valence-electron chi connectivity index (χ2n) is 15.7. The molecule has 2 N–H and O–H groups in total. The molecule has 3 amide bonds. The maximum Gasteiger partial charge on any atom is 0.271 e. The van der Waals surface area contributed by atoms with Crippen LogP contribution in [0.15, 0.2) is 53.6 Å². The van der Waals surface area contributed by atoms with Crippen molar-refractivity contribution in [2.75, 3.05) is 44.2 Å². The molecular formula is C40H49ClN8O6. The molecule has 0 spiro atoms. The van der Waals surface area contributed by atoms with Gasteiger partial charge in [-0.3, -0.25) is 29.4 Å². The molecule has 55 heavy (non-hydrogen) atoms. The standard InChI is InChI=1S/C40H49ClN8O6/c1-39(2)37(40(3,4)38(39)55-28-11-9-26(23-42)30(41)21-28)46-35(52)27-10-13-32(43-24-27)48-18-16-47(17-19-48)15-7-5-6-8-20-54-29-22-34(51)49(44-25-29)31-12-14-33(50)45-36(31)53/h9-11,13,21-22,24-25,31,37-38H,5-8,12,14-20H2,1-4H3,(H,46,52)(H,45,50,53). The number of amides is 3. The average molecular weight is 773 g/mol. The first kappa shape index (κ1) is 39.7. The number of carbonyl (C=O) groups is 3. The Balaban J connectivity index is 0.871. The van der Waals surface area contributed by atoms with E-state index in [4.69, 9.17) is 21.1 Å². The largest absolute Gasteiger partial charge is 0.492 e. The van der Waals surface area contributed by atoms with Crippen LogP contribution in [0.3, 0.4) is 0 Å². The predicted molar refractivity (Wildman–Crippen MR) is 206 cm³/mol. The molecule has 292 valence electrons. The first-order valence-corrected chi connectivity index (χ1v) is 19.3. The lowest BCUT2D eigenvalue weighted by Gasteiger charge is -2.63. The second-order valence-corrected chi connectivity index (χ2v) is 16.1. The number of imide groups is 1. The van der Waals surface area contributed by atoms with E-state index in [1.54, 1.807) is 24.4 Å². The number of piperazine rings is 1. The molecule has 2 aromatic heterocycles. The molecule has 2 aliphatic heterocycles. The molecule has 1 atom stereocenters. The van der Waals surface area contributed by atoms with Gasteiger partial charge < -0.3 is 19.7 Å². The topological polar surface area (TPSA) is 172 Å². The van der Waals surface area contributed by atoms with Crippen molar-refractivity contribution in [3.8, 4) is 17.6 Å². The van der Waals surface area contributed by atoms with E-state index < -0.39 is 17.5 Å². The van der Waals surface area contributed by atoms with Crippen LogP contribution in [0.25, 0.3) is 0 Å². The van der Waals surface area contributed by atoms with Gasteiger partial charge in [0.05, 0.1) is 29.0 Å². The Hall–Kier alpha value is -5.00. The van der Waals surface area contributed by atoms with E-state index in [0.717, 1.165) is 68.9 Å². The van der Waals surface area contributed by atoms with E-state index in [0.29, 0.717) is 34.3 Å². The number of hydrogen-bond donors (Lipinski definition) is 2. The second kappa shape index (κ2) is 16.8. The van der Waals surface area contributed by atoms with E-state index in [1.165, 1.54) is 12.3 Å². The Morgan fingerprint density at radius 1 is 0.982 bits per heavy atom. The van der Waals surface area contributed by atoms with E-state index >= 15 is 0 Å². The molecular weight excluding hydrogens is 724 g/mol. The molecule has 1 saturated carbocycles. The Bertz CT molecular complexity index is 1970. The minimum absolute atomic E-state index is 0.143. The van der Waals surface area contributed by atoms with Gasteiger partial charge in [0.1, 0.15) is 35.5 Å². The number of nitriles is 1. The Kier molecular flexibility index (Phi) is 12.1.